The highest BCUT2D eigenvalue weighted by Gasteiger charge is 2.54. The van der Waals surface area contributed by atoms with Gasteiger partial charge in [0.05, 0.1) is 17.5 Å². The molecular weight excluding hydrogens is 354 g/mol. The molecule has 7 heteroatoms. The summed E-state index contributed by atoms with van der Waals surface area (Å²) in [7, 11) is 0. The maximum atomic E-state index is 11.0. The first kappa shape index (κ1) is 17.6. The molecule has 2 aromatic heterocycles. The van der Waals surface area contributed by atoms with Crippen LogP contribution < -0.4 is 11.1 Å². The average molecular weight is 379 g/mol. The third kappa shape index (κ3) is 2.62. The summed E-state index contributed by atoms with van der Waals surface area (Å²) in [6.07, 6.45) is 4.19. The molecule has 1 saturated carbocycles. The van der Waals surface area contributed by atoms with Gasteiger partial charge in [-0.1, -0.05) is 30.3 Å². The molecule has 1 aliphatic carbocycles. The van der Waals surface area contributed by atoms with Gasteiger partial charge in [-0.25, -0.2) is 9.97 Å². The van der Waals surface area contributed by atoms with Crippen molar-refractivity contribution in [3.05, 3.63) is 54.5 Å². The number of benzene rings is 1. The van der Waals surface area contributed by atoms with Gasteiger partial charge in [-0.05, 0) is 30.9 Å². The van der Waals surface area contributed by atoms with Crippen LogP contribution in [0.5, 0.6) is 0 Å². The number of fused-ring (bicyclic) bond motifs is 1. The molecule has 146 valence electrons. The predicted octanol–water partition coefficient (Wildman–Crippen LogP) is 1.79. The minimum absolute atomic E-state index is 0.239. The van der Waals surface area contributed by atoms with Gasteiger partial charge in [-0.15, -0.1) is 0 Å². The van der Waals surface area contributed by atoms with Crippen molar-refractivity contribution in [3.8, 4) is 0 Å². The van der Waals surface area contributed by atoms with E-state index in [0.717, 1.165) is 18.2 Å². The molecule has 1 aliphatic heterocycles. The fraction of sp³-hybridized carbons (Fsp3) is 0.429. The standard InChI is InChI=1S/C21H25N5O2/c22-19-14-7-9-26(20(14)25-12-24-19)16-10-21(18(28)17(16)27)8-6-15(23-11-21)13-4-2-1-3-5-13/h1-5,7,9,12,15-18,23,27-28H,6,8,10-11H2,(H2,22,24,25)/t15-,16+,17-,18-,21-/m0/s1. The number of hydrogen-bond acceptors (Lipinski definition) is 6. The van der Waals surface area contributed by atoms with E-state index >= 15 is 0 Å². The molecule has 0 unspecified atom stereocenters. The molecule has 7 nitrogen and oxygen atoms in total. The van der Waals surface area contributed by atoms with E-state index in [1.165, 1.54) is 11.9 Å². The van der Waals surface area contributed by atoms with Crippen molar-refractivity contribution in [2.45, 2.75) is 43.6 Å². The van der Waals surface area contributed by atoms with E-state index in [1.54, 1.807) is 0 Å². The molecule has 3 heterocycles. The lowest BCUT2D eigenvalue weighted by molar-refractivity contribution is -0.0398. The van der Waals surface area contributed by atoms with E-state index in [0.29, 0.717) is 24.4 Å². The zero-order valence-corrected chi connectivity index (χ0v) is 15.6. The smallest absolute Gasteiger partial charge is 0.145 e. The number of anilines is 1. The fourth-order valence-electron chi connectivity index (χ4n) is 5.10. The Bertz CT molecular complexity index is 981. The number of hydrogen-bond donors (Lipinski definition) is 4. The zero-order chi connectivity index (χ0) is 19.3. The number of aromatic nitrogens is 3. The van der Waals surface area contributed by atoms with Crippen molar-refractivity contribution in [3.63, 3.8) is 0 Å². The Morgan fingerprint density at radius 2 is 1.96 bits per heavy atom. The van der Waals surface area contributed by atoms with Gasteiger partial charge in [0.15, 0.2) is 0 Å². The summed E-state index contributed by atoms with van der Waals surface area (Å²) in [6, 6.07) is 12.3. The molecule has 2 fully saturated rings. The molecule has 5 N–H and O–H groups in total. The van der Waals surface area contributed by atoms with Crippen molar-refractivity contribution in [2.75, 3.05) is 12.3 Å². The molecule has 1 spiro atoms. The molecular formula is C21H25N5O2. The lowest BCUT2D eigenvalue weighted by Crippen LogP contribution is -2.48. The number of nitrogens with two attached hydrogens (primary N) is 1. The summed E-state index contributed by atoms with van der Waals surface area (Å²) in [5.41, 5.74) is 7.58. The Hall–Kier alpha value is -2.48. The zero-order valence-electron chi connectivity index (χ0n) is 15.6. The largest absolute Gasteiger partial charge is 0.390 e. The van der Waals surface area contributed by atoms with Gasteiger partial charge in [0.25, 0.3) is 0 Å². The Morgan fingerprint density at radius 1 is 1.14 bits per heavy atom. The van der Waals surface area contributed by atoms with Crippen LogP contribution >= 0.6 is 0 Å². The highest BCUT2D eigenvalue weighted by atomic mass is 16.3. The second kappa shape index (κ2) is 6.55. The summed E-state index contributed by atoms with van der Waals surface area (Å²) >= 11 is 0. The number of aliphatic hydroxyl groups excluding tert-OH is 2. The Labute approximate surface area is 163 Å². The van der Waals surface area contributed by atoms with Gasteiger partial charge >= 0.3 is 0 Å². The van der Waals surface area contributed by atoms with Gasteiger partial charge in [0, 0.05) is 24.2 Å². The van der Waals surface area contributed by atoms with Gasteiger partial charge in [-0.3, -0.25) is 0 Å². The molecule has 2 aliphatic rings. The van der Waals surface area contributed by atoms with E-state index < -0.39 is 12.2 Å². The summed E-state index contributed by atoms with van der Waals surface area (Å²) in [5.74, 6) is 0.427. The summed E-state index contributed by atoms with van der Waals surface area (Å²) in [5, 5.41) is 26.2. The molecule has 5 atom stereocenters. The van der Waals surface area contributed by atoms with Crippen molar-refractivity contribution < 1.29 is 10.2 Å². The molecule has 28 heavy (non-hydrogen) atoms. The van der Waals surface area contributed by atoms with Crippen LogP contribution in [0.1, 0.15) is 36.9 Å². The lowest BCUT2D eigenvalue weighted by Gasteiger charge is -2.40. The van der Waals surface area contributed by atoms with Crippen LogP contribution in [0, 0.1) is 5.41 Å². The van der Waals surface area contributed by atoms with E-state index in [2.05, 4.69) is 39.6 Å². The third-order valence-corrected chi connectivity index (χ3v) is 6.69. The first-order chi connectivity index (χ1) is 13.6. The molecule has 5 rings (SSSR count). The summed E-state index contributed by atoms with van der Waals surface area (Å²) in [6.45, 7) is 0.678. The Kier molecular flexibility index (Phi) is 4.12. The van der Waals surface area contributed by atoms with Crippen LogP contribution in [0.2, 0.25) is 0 Å². The van der Waals surface area contributed by atoms with Crippen molar-refractivity contribution in [1.29, 1.82) is 0 Å². The molecule has 0 radical (unpaired) electrons. The van der Waals surface area contributed by atoms with Crippen LogP contribution in [0.25, 0.3) is 11.0 Å². The van der Waals surface area contributed by atoms with Gasteiger partial charge in [0.1, 0.15) is 23.9 Å². The topological polar surface area (TPSA) is 109 Å². The molecule has 1 aromatic carbocycles. The number of nitrogen functional groups attached to an aromatic ring is 1. The van der Waals surface area contributed by atoms with Crippen LogP contribution in [0.4, 0.5) is 5.82 Å². The van der Waals surface area contributed by atoms with Crippen LogP contribution in [-0.4, -0.2) is 43.5 Å². The molecule has 3 aromatic rings. The van der Waals surface area contributed by atoms with E-state index in [1.807, 2.05) is 22.9 Å². The number of nitrogens with zero attached hydrogens (tertiary/aromatic N) is 3. The SMILES string of the molecule is Nc1ncnc2c1ccn2[C@@H]1C[C@]2(CC[C@@H](c3ccccc3)NC2)[C@@H](O)[C@H]1O. The summed E-state index contributed by atoms with van der Waals surface area (Å²) in [4.78, 5) is 8.39. The lowest BCUT2D eigenvalue weighted by atomic mass is 9.74. The maximum absolute atomic E-state index is 11.0. The molecule has 1 saturated heterocycles. The van der Waals surface area contributed by atoms with Crippen LogP contribution in [-0.2, 0) is 0 Å². The van der Waals surface area contributed by atoms with Crippen molar-refractivity contribution in [1.82, 2.24) is 19.9 Å². The van der Waals surface area contributed by atoms with E-state index in [9.17, 15) is 10.2 Å². The minimum atomic E-state index is -0.845. The highest BCUT2D eigenvalue weighted by molar-refractivity contribution is 5.86. The van der Waals surface area contributed by atoms with Gasteiger partial charge in [-0.2, -0.15) is 0 Å². The number of piperidine rings is 1. The minimum Gasteiger partial charge on any atom is -0.390 e. The molecule has 0 bridgehead atoms. The monoisotopic (exact) mass is 379 g/mol. The second-order valence-corrected chi connectivity index (χ2v) is 8.17. The van der Waals surface area contributed by atoms with Crippen molar-refractivity contribution in [2.24, 2.45) is 5.41 Å². The average Bonchev–Trinajstić information content (AvgIpc) is 3.26. The fourth-order valence-corrected chi connectivity index (χ4v) is 5.10. The first-order valence-corrected chi connectivity index (χ1v) is 9.80. The highest BCUT2D eigenvalue weighted by Crippen LogP contribution is 2.50. The predicted molar refractivity (Wildman–Crippen MR) is 106 cm³/mol. The summed E-state index contributed by atoms with van der Waals surface area (Å²) < 4.78 is 1.94. The van der Waals surface area contributed by atoms with Gasteiger partial charge in [0.2, 0.25) is 0 Å². The van der Waals surface area contributed by atoms with Gasteiger partial charge < -0.3 is 25.8 Å². The van der Waals surface area contributed by atoms with E-state index in [4.69, 9.17) is 5.73 Å². The Morgan fingerprint density at radius 3 is 2.71 bits per heavy atom. The van der Waals surface area contributed by atoms with Crippen molar-refractivity contribution >= 4 is 16.9 Å². The van der Waals surface area contributed by atoms with Crippen LogP contribution in [0.3, 0.4) is 0 Å². The molecule has 0 amide bonds. The van der Waals surface area contributed by atoms with E-state index in [-0.39, 0.29) is 17.5 Å². The van der Waals surface area contributed by atoms with Crippen LogP contribution in [0.15, 0.2) is 48.9 Å². The second-order valence-electron chi connectivity index (χ2n) is 8.17. The first-order valence-electron chi connectivity index (χ1n) is 9.80. The number of nitrogens with one attached hydrogen (secondary N) is 1. The quantitative estimate of drug-likeness (QED) is 0.541. The Balaban J connectivity index is 1.40. The number of aliphatic hydroxyl groups is 2. The maximum Gasteiger partial charge on any atom is 0.145 e. The number of rotatable bonds is 2. The third-order valence-electron chi connectivity index (χ3n) is 6.69. The normalized spacial score (nSPS) is 32.9.